The van der Waals surface area contributed by atoms with Crippen LogP contribution in [-0.2, 0) is 4.57 Å². The minimum absolute atomic E-state index is 0.405. The third-order valence-electron chi connectivity index (χ3n) is 0.381. The monoisotopic (exact) mass is 152 g/mol. The molecule has 0 aromatic rings. The van der Waals surface area contributed by atoms with Crippen LogP contribution in [0.25, 0.3) is 0 Å². The van der Waals surface area contributed by atoms with Gasteiger partial charge in [-0.15, -0.1) is 0 Å². The molecule has 0 rings (SSSR count). The van der Waals surface area contributed by atoms with Gasteiger partial charge in [0.1, 0.15) is 0 Å². The molecule has 0 aliphatic rings. The molecule has 0 aromatic heterocycles. The average Bonchev–Trinajstić information content (AvgIpc) is 1.59. The molecule has 0 aromatic carbocycles. The summed E-state index contributed by atoms with van der Waals surface area (Å²) in [5.74, 6) is 0. The standard InChI is InChI=1S/C2H5O4PSi/c3-7-1-2-8(4,5)6/h4-6H,2H2. The first-order chi connectivity index (χ1) is 3.56. The summed E-state index contributed by atoms with van der Waals surface area (Å²) in [6.07, 6.45) is 0. The summed E-state index contributed by atoms with van der Waals surface area (Å²) in [5, 5.41) is 0. The van der Waals surface area contributed by atoms with Gasteiger partial charge >= 0.3 is 47.3 Å². The number of hydrogen-bond acceptors (Lipinski definition) is 4. The molecule has 0 spiro atoms. The van der Waals surface area contributed by atoms with E-state index in [1.165, 1.54) is 0 Å². The number of rotatable bonds is 1. The van der Waals surface area contributed by atoms with Gasteiger partial charge in [-0.2, -0.15) is 0 Å². The van der Waals surface area contributed by atoms with Crippen LogP contribution in [0, 0.1) is 5.63 Å². The van der Waals surface area contributed by atoms with Crippen molar-refractivity contribution in [3.05, 3.63) is 0 Å². The van der Waals surface area contributed by atoms with Gasteiger partial charge in [0, 0.05) is 0 Å². The Labute approximate surface area is 48.3 Å². The molecule has 0 heterocycles. The second kappa shape index (κ2) is 3.20. The molecule has 0 bridgehead atoms. The molecule has 0 radical (unpaired) electrons. The molecular formula is C2H5O4PSi. The van der Waals surface area contributed by atoms with E-state index in [9.17, 15) is 4.57 Å². The van der Waals surface area contributed by atoms with Gasteiger partial charge in [-0.3, -0.25) is 0 Å². The Morgan fingerprint density at radius 1 is 1.50 bits per heavy atom. The molecule has 0 unspecified atom stereocenters. The van der Waals surface area contributed by atoms with Gasteiger partial charge in [0.05, 0.1) is 0 Å². The third-order valence-corrected chi connectivity index (χ3v) is 1.62. The van der Waals surface area contributed by atoms with Gasteiger partial charge in [0.25, 0.3) is 0 Å². The van der Waals surface area contributed by atoms with Crippen LogP contribution in [0.5, 0.6) is 0 Å². The van der Waals surface area contributed by atoms with E-state index < -0.39 is 22.8 Å². The summed E-state index contributed by atoms with van der Waals surface area (Å²) in [4.78, 5) is 24.6. The Morgan fingerprint density at radius 3 is 2.12 bits per heavy atom. The third kappa shape index (κ3) is 6.11. The topological polar surface area (TPSA) is 77.8 Å². The normalized spacial score (nSPS) is 10.4. The van der Waals surface area contributed by atoms with Crippen LogP contribution in [0.4, 0.5) is 0 Å². The molecule has 3 N–H and O–H groups in total. The summed E-state index contributed by atoms with van der Waals surface area (Å²) in [6, 6.07) is -0.405. The maximum absolute atomic E-state index is 9.53. The minimum atomic E-state index is -4.00. The van der Waals surface area contributed by atoms with Gasteiger partial charge in [0.15, 0.2) is 0 Å². The van der Waals surface area contributed by atoms with Crippen molar-refractivity contribution < 1.29 is 19.0 Å². The van der Waals surface area contributed by atoms with Crippen molar-refractivity contribution in [2.45, 2.75) is 6.04 Å². The first-order valence-corrected chi connectivity index (χ1v) is 4.65. The summed E-state index contributed by atoms with van der Waals surface area (Å²) in [5.41, 5.74) is 2.02. The van der Waals surface area contributed by atoms with Gasteiger partial charge in [-0.1, -0.05) is 0 Å². The zero-order valence-corrected chi connectivity index (χ0v) is 5.80. The van der Waals surface area contributed by atoms with E-state index in [2.05, 4.69) is 0 Å². The maximum atomic E-state index is 9.53. The fourth-order valence-corrected chi connectivity index (χ4v) is 1.25. The van der Waals surface area contributed by atoms with Crippen molar-refractivity contribution in [2.24, 2.45) is 0 Å². The predicted molar refractivity (Wildman–Crippen MR) is 28.7 cm³/mol. The second-order valence-electron chi connectivity index (χ2n) is 1.20. The van der Waals surface area contributed by atoms with Crippen LogP contribution in [-0.4, -0.2) is 23.2 Å². The molecule has 0 aliphatic carbocycles. The van der Waals surface area contributed by atoms with Crippen molar-refractivity contribution in [3.8, 4) is 5.63 Å². The molecule has 6 heteroatoms. The molecular weight excluding hydrogens is 147 g/mol. The Bertz CT molecular complexity index is 152. The van der Waals surface area contributed by atoms with Gasteiger partial charge in [-0.05, 0) is 0 Å². The van der Waals surface area contributed by atoms with E-state index in [1.807, 2.05) is 5.63 Å². The van der Waals surface area contributed by atoms with Crippen molar-refractivity contribution >= 4 is 16.7 Å². The Hall–Kier alpha value is 0.107. The van der Waals surface area contributed by atoms with Crippen LogP contribution in [0.1, 0.15) is 0 Å². The first-order valence-electron chi connectivity index (χ1n) is 1.78. The van der Waals surface area contributed by atoms with E-state index in [0.717, 1.165) is 0 Å². The van der Waals surface area contributed by atoms with E-state index in [1.54, 1.807) is 0 Å². The molecule has 0 atom stereocenters. The van der Waals surface area contributed by atoms with Crippen LogP contribution in [0.3, 0.4) is 0 Å². The van der Waals surface area contributed by atoms with Crippen LogP contribution >= 0.6 is 7.92 Å². The summed E-state index contributed by atoms with van der Waals surface area (Å²) >= 11 is 0. The quantitative estimate of drug-likeness (QED) is 0.338. The van der Waals surface area contributed by atoms with E-state index in [0.29, 0.717) is 0 Å². The predicted octanol–water partition coefficient (Wildman–Crippen LogP) is -0.847. The van der Waals surface area contributed by atoms with Crippen molar-refractivity contribution in [3.63, 3.8) is 0 Å². The average molecular weight is 152 g/mol. The molecule has 0 saturated carbocycles. The van der Waals surface area contributed by atoms with Gasteiger partial charge in [-0.25, -0.2) is 0 Å². The van der Waals surface area contributed by atoms with Gasteiger partial charge in [0.2, 0.25) is 0 Å². The van der Waals surface area contributed by atoms with Crippen LogP contribution < -0.4 is 0 Å². The van der Waals surface area contributed by atoms with E-state index >= 15 is 0 Å². The summed E-state index contributed by atoms with van der Waals surface area (Å²) in [6.45, 7) is 0. The van der Waals surface area contributed by atoms with E-state index in [-0.39, 0.29) is 0 Å². The summed E-state index contributed by atoms with van der Waals surface area (Å²) in [7, 11) is -4.41. The van der Waals surface area contributed by atoms with Crippen molar-refractivity contribution in [1.29, 1.82) is 0 Å². The Morgan fingerprint density at radius 2 is 2.00 bits per heavy atom. The molecule has 0 fully saturated rings. The second-order valence-corrected chi connectivity index (χ2v) is 3.60. The SMILES string of the molecule is O=P#CC[Si](O)(O)O. The first kappa shape index (κ1) is 8.11. The van der Waals surface area contributed by atoms with Crippen LogP contribution in [0.2, 0.25) is 6.04 Å². The van der Waals surface area contributed by atoms with Crippen molar-refractivity contribution in [2.75, 3.05) is 0 Å². The molecule has 4 nitrogen and oxygen atoms in total. The zero-order chi connectivity index (χ0) is 6.62. The molecule has 0 aliphatic heterocycles. The molecule has 0 saturated heterocycles. The zero-order valence-electron chi connectivity index (χ0n) is 3.90. The summed E-state index contributed by atoms with van der Waals surface area (Å²) < 4.78 is 9.53. The Balaban J connectivity index is 3.67. The van der Waals surface area contributed by atoms with Crippen LogP contribution in [0.15, 0.2) is 0 Å². The van der Waals surface area contributed by atoms with E-state index in [4.69, 9.17) is 14.4 Å². The molecule has 0 amide bonds. The molecule has 8 heavy (non-hydrogen) atoms. The number of hydrogen-bond donors (Lipinski definition) is 3. The van der Waals surface area contributed by atoms with Crippen molar-refractivity contribution in [1.82, 2.24) is 0 Å². The van der Waals surface area contributed by atoms with Gasteiger partial charge < -0.3 is 0 Å². The fourth-order valence-electron chi connectivity index (χ4n) is 0.138. The molecule has 46 valence electrons. The Kier molecular flexibility index (Phi) is 3.24. The fraction of sp³-hybridized carbons (Fsp3) is 0.500.